The highest BCUT2D eigenvalue weighted by molar-refractivity contribution is 9.10. The molecule has 18 heavy (non-hydrogen) atoms. The Morgan fingerprint density at radius 3 is 2.44 bits per heavy atom. The molecule has 0 aliphatic heterocycles. The molecule has 2 aromatic carbocycles. The lowest BCUT2D eigenvalue weighted by Crippen LogP contribution is -2.22. The Labute approximate surface area is 113 Å². The van der Waals surface area contributed by atoms with Crippen molar-refractivity contribution >= 4 is 21.7 Å². The Bertz CT molecular complexity index is 571. The lowest BCUT2D eigenvalue weighted by molar-refractivity contribution is 0.0957. The van der Waals surface area contributed by atoms with Crippen molar-refractivity contribution in [1.82, 2.24) is 0 Å². The van der Waals surface area contributed by atoms with E-state index in [2.05, 4.69) is 15.9 Å². The second kappa shape index (κ2) is 5.42. The molecule has 2 N–H and O–H groups in total. The van der Waals surface area contributed by atoms with Gasteiger partial charge in [-0.2, -0.15) is 0 Å². The van der Waals surface area contributed by atoms with Crippen LogP contribution in [0.2, 0.25) is 0 Å². The quantitative estimate of drug-likeness (QED) is 0.882. The van der Waals surface area contributed by atoms with Crippen molar-refractivity contribution in [2.24, 2.45) is 5.73 Å². The van der Waals surface area contributed by atoms with Crippen LogP contribution in [0.15, 0.2) is 53.0 Å². The van der Waals surface area contributed by atoms with Crippen LogP contribution in [0.4, 0.5) is 4.39 Å². The summed E-state index contributed by atoms with van der Waals surface area (Å²) in [6.07, 6.45) is 0. The molecule has 0 aliphatic carbocycles. The van der Waals surface area contributed by atoms with Crippen molar-refractivity contribution < 1.29 is 9.18 Å². The molecule has 0 spiro atoms. The van der Waals surface area contributed by atoms with Crippen molar-refractivity contribution in [3.05, 3.63) is 69.9 Å². The van der Waals surface area contributed by atoms with Gasteiger partial charge < -0.3 is 5.73 Å². The molecule has 0 aliphatic rings. The van der Waals surface area contributed by atoms with Gasteiger partial charge in [0.05, 0.1) is 16.1 Å². The highest BCUT2D eigenvalue weighted by Gasteiger charge is 2.21. The number of ketones is 1. The third-order valence-electron chi connectivity index (χ3n) is 2.66. The summed E-state index contributed by atoms with van der Waals surface area (Å²) in [5.41, 5.74) is 6.53. The molecule has 0 heterocycles. The van der Waals surface area contributed by atoms with E-state index in [0.29, 0.717) is 5.56 Å². The minimum Gasteiger partial charge on any atom is -0.318 e. The van der Waals surface area contributed by atoms with Gasteiger partial charge in [-0.05, 0) is 33.6 Å². The first-order valence-corrected chi connectivity index (χ1v) is 6.19. The number of hydrogen-bond donors (Lipinski definition) is 1. The van der Waals surface area contributed by atoms with Gasteiger partial charge >= 0.3 is 0 Å². The second-order valence-corrected chi connectivity index (χ2v) is 4.71. The molecular weight excluding hydrogens is 297 g/mol. The molecule has 0 radical (unpaired) electrons. The van der Waals surface area contributed by atoms with E-state index in [1.165, 1.54) is 6.07 Å². The number of rotatable bonds is 3. The molecule has 0 amide bonds. The van der Waals surface area contributed by atoms with E-state index in [9.17, 15) is 9.18 Å². The predicted molar refractivity (Wildman–Crippen MR) is 71.8 cm³/mol. The Morgan fingerprint density at radius 2 is 1.78 bits per heavy atom. The van der Waals surface area contributed by atoms with Crippen LogP contribution in [0.3, 0.4) is 0 Å². The molecular formula is C14H11BrFNO. The van der Waals surface area contributed by atoms with Gasteiger partial charge in [-0.25, -0.2) is 4.39 Å². The monoisotopic (exact) mass is 307 g/mol. The van der Waals surface area contributed by atoms with Crippen LogP contribution in [0.25, 0.3) is 0 Å². The number of halogens is 2. The van der Waals surface area contributed by atoms with Crippen LogP contribution < -0.4 is 5.73 Å². The number of benzene rings is 2. The van der Waals surface area contributed by atoms with Crippen molar-refractivity contribution in [3.63, 3.8) is 0 Å². The zero-order valence-corrected chi connectivity index (χ0v) is 11.0. The van der Waals surface area contributed by atoms with Crippen molar-refractivity contribution in [2.75, 3.05) is 0 Å². The third-order valence-corrected chi connectivity index (χ3v) is 3.27. The molecule has 2 nitrogen and oxygen atoms in total. The summed E-state index contributed by atoms with van der Waals surface area (Å²) in [5.74, 6) is -1.01. The van der Waals surface area contributed by atoms with E-state index in [0.717, 1.165) is 0 Å². The fourth-order valence-electron chi connectivity index (χ4n) is 1.67. The van der Waals surface area contributed by atoms with E-state index in [4.69, 9.17) is 5.73 Å². The molecule has 2 aromatic rings. The minimum absolute atomic E-state index is 0.000674. The summed E-state index contributed by atoms with van der Waals surface area (Å²) < 4.78 is 14.1. The summed E-state index contributed by atoms with van der Waals surface area (Å²) in [7, 11) is 0. The third kappa shape index (κ3) is 2.49. The number of nitrogens with two attached hydrogens (primary N) is 1. The molecule has 2 rings (SSSR count). The molecule has 0 fully saturated rings. The van der Waals surface area contributed by atoms with Crippen LogP contribution in [-0.2, 0) is 0 Å². The van der Waals surface area contributed by atoms with Gasteiger partial charge in [-0.3, -0.25) is 4.79 Å². The van der Waals surface area contributed by atoms with E-state index in [1.807, 2.05) is 6.07 Å². The SMILES string of the molecule is NC(C(=O)c1cccc(Br)c1F)c1ccccc1. The minimum atomic E-state index is -0.852. The number of carbonyl (C=O) groups excluding carboxylic acids is 1. The van der Waals surface area contributed by atoms with E-state index >= 15 is 0 Å². The van der Waals surface area contributed by atoms with Crippen LogP contribution in [-0.4, -0.2) is 5.78 Å². The van der Waals surface area contributed by atoms with Crippen LogP contribution in [0.5, 0.6) is 0 Å². The number of carbonyl (C=O) groups is 1. The average molecular weight is 308 g/mol. The van der Waals surface area contributed by atoms with Crippen molar-refractivity contribution in [2.45, 2.75) is 6.04 Å². The fraction of sp³-hybridized carbons (Fsp3) is 0.0714. The average Bonchev–Trinajstić information content (AvgIpc) is 2.41. The zero-order valence-electron chi connectivity index (χ0n) is 9.44. The van der Waals surface area contributed by atoms with Crippen molar-refractivity contribution in [1.29, 1.82) is 0 Å². The van der Waals surface area contributed by atoms with E-state index in [-0.39, 0.29) is 10.0 Å². The Hall–Kier alpha value is -1.52. The van der Waals surface area contributed by atoms with Crippen LogP contribution in [0, 0.1) is 5.82 Å². The maximum atomic E-state index is 13.8. The zero-order chi connectivity index (χ0) is 13.1. The second-order valence-electron chi connectivity index (χ2n) is 3.85. The number of hydrogen-bond acceptors (Lipinski definition) is 2. The largest absolute Gasteiger partial charge is 0.318 e. The summed E-state index contributed by atoms with van der Waals surface area (Å²) in [4.78, 5) is 12.1. The molecule has 4 heteroatoms. The normalized spacial score (nSPS) is 12.2. The highest BCUT2D eigenvalue weighted by atomic mass is 79.9. The van der Waals surface area contributed by atoms with Gasteiger partial charge in [0.2, 0.25) is 0 Å². The maximum absolute atomic E-state index is 13.8. The molecule has 0 bridgehead atoms. The van der Waals surface area contributed by atoms with Gasteiger partial charge in [0.25, 0.3) is 0 Å². The fourth-order valence-corrected chi connectivity index (χ4v) is 2.04. The van der Waals surface area contributed by atoms with Gasteiger partial charge in [0.15, 0.2) is 5.78 Å². The van der Waals surface area contributed by atoms with E-state index < -0.39 is 17.6 Å². The lowest BCUT2D eigenvalue weighted by atomic mass is 9.98. The predicted octanol–water partition coefficient (Wildman–Crippen LogP) is 3.47. The van der Waals surface area contributed by atoms with E-state index in [1.54, 1.807) is 36.4 Å². The maximum Gasteiger partial charge on any atom is 0.187 e. The van der Waals surface area contributed by atoms with Gasteiger partial charge in [0, 0.05) is 0 Å². The molecule has 92 valence electrons. The summed E-state index contributed by atoms with van der Waals surface area (Å²) in [6.45, 7) is 0. The lowest BCUT2D eigenvalue weighted by Gasteiger charge is -2.11. The summed E-state index contributed by atoms with van der Waals surface area (Å²) >= 11 is 3.05. The van der Waals surface area contributed by atoms with Crippen molar-refractivity contribution in [3.8, 4) is 0 Å². The molecule has 1 unspecified atom stereocenters. The summed E-state index contributed by atoms with van der Waals surface area (Å²) in [5, 5.41) is 0. The Kier molecular flexibility index (Phi) is 3.89. The van der Waals surface area contributed by atoms with Gasteiger partial charge in [-0.1, -0.05) is 36.4 Å². The first-order chi connectivity index (χ1) is 8.61. The Balaban J connectivity index is 2.35. The molecule has 0 saturated carbocycles. The first kappa shape index (κ1) is 12.9. The van der Waals surface area contributed by atoms with Gasteiger partial charge in [0.1, 0.15) is 5.82 Å². The molecule has 1 atom stereocenters. The number of Topliss-reactive ketones (excluding diaryl/α,β-unsaturated/α-hetero) is 1. The smallest absolute Gasteiger partial charge is 0.187 e. The Morgan fingerprint density at radius 1 is 1.11 bits per heavy atom. The highest BCUT2D eigenvalue weighted by Crippen LogP contribution is 2.23. The van der Waals surface area contributed by atoms with Crippen LogP contribution in [0.1, 0.15) is 22.0 Å². The summed E-state index contributed by atoms with van der Waals surface area (Å²) in [6, 6.07) is 12.6. The topological polar surface area (TPSA) is 43.1 Å². The molecule has 0 saturated heterocycles. The van der Waals surface area contributed by atoms with Crippen LogP contribution >= 0.6 is 15.9 Å². The molecule has 0 aromatic heterocycles. The van der Waals surface area contributed by atoms with Gasteiger partial charge in [-0.15, -0.1) is 0 Å². The standard InChI is InChI=1S/C14H11BrFNO/c15-11-8-4-7-10(12(11)16)14(18)13(17)9-5-2-1-3-6-9/h1-8,13H,17H2. The first-order valence-electron chi connectivity index (χ1n) is 5.40.